The quantitative estimate of drug-likeness (QED) is 0.894. The first-order chi connectivity index (χ1) is 8.67. The van der Waals surface area contributed by atoms with Crippen LogP contribution in [0.1, 0.15) is 29.3 Å². The second kappa shape index (κ2) is 4.92. The molecule has 18 heavy (non-hydrogen) atoms. The molecule has 1 aromatic carbocycles. The molecule has 0 saturated heterocycles. The normalized spacial score (nSPS) is 10.3. The summed E-state index contributed by atoms with van der Waals surface area (Å²) in [6, 6.07) is 10.2. The molecule has 1 aromatic heterocycles. The van der Waals surface area contributed by atoms with Gasteiger partial charge in [-0.2, -0.15) is 10.4 Å². The van der Waals surface area contributed by atoms with Crippen molar-refractivity contribution in [3.05, 3.63) is 46.6 Å². The van der Waals surface area contributed by atoms with E-state index in [9.17, 15) is 0 Å². The van der Waals surface area contributed by atoms with E-state index in [4.69, 9.17) is 11.0 Å². The number of aryl methyl sites for hydroxylation is 2. The summed E-state index contributed by atoms with van der Waals surface area (Å²) in [6.07, 6.45) is 0.716. The van der Waals surface area contributed by atoms with E-state index in [0.717, 1.165) is 5.69 Å². The molecule has 0 amide bonds. The predicted molar refractivity (Wildman–Crippen MR) is 71.0 cm³/mol. The lowest BCUT2D eigenvalue weighted by molar-refractivity contribution is 0.680. The fourth-order valence-corrected chi connectivity index (χ4v) is 1.97. The van der Waals surface area contributed by atoms with Crippen LogP contribution in [0.15, 0.2) is 24.3 Å². The van der Waals surface area contributed by atoms with E-state index in [1.807, 2.05) is 25.1 Å². The van der Waals surface area contributed by atoms with Gasteiger partial charge in [-0.1, -0.05) is 31.2 Å². The van der Waals surface area contributed by atoms with Gasteiger partial charge in [0.25, 0.3) is 0 Å². The van der Waals surface area contributed by atoms with Gasteiger partial charge in [-0.3, -0.25) is 0 Å². The maximum atomic E-state index is 9.08. The molecule has 4 nitrogen and oxygen atoms in total. The topological polar surface area (TPSA) is 67.6 Å². The fraction of sp³-hybridized carbons (Fsp3) is 0.286. The lowest BCUT2D eigenvalue weighted by atomic mass is 10.1. The summed E-state index contributed by atoms with van der Waals surface area (Å²) < 4.78 is 1.71. The third kappa shape index (κ3) is 2.07. The third-order valence-corrected chi connectivity index (χ3v) is 3.09. The van der Waals surface area contributed by atoms with Crippen LogP contribution in [0.2, 0.25) is 0 Å². The zero-order valence-electron chi connectivity index (χ0n) is 10.6. The lowest BCUT2D eigenvalue weighted by Gasteiger charge is -2.07. The SMILES string of the molecule is CCc1nn(Cc2ccccc2C)c(N)c1C#N. The highest BCUT2D eigenvalue weighted by atomic mass is 15.3. The molecule has 4 heteroatoms. The Morgan fingerprint density at radius 3 is 2.67 bits per heavy atom. The van der Waals surface area contributed by atoms with E-state index in [2.05, 4.69) is 24.2 Å². The van der Waals surface area contributed by atoms with Gasteiger partial charge in [0.1, 0.15) is 17.5 Å². The molecule has 0 unspecified atom stereocenters. The van der Waals surface area contributed by atoms with E-state index in [0.29, 0.717) is 24.3 Å². The Labute approximate surface area is 107 Å². The average Bonchev–Trinajstić information content (AvgIpc) is 2.68. The molecule has 92 valence electrons. The van der Waals surface area contributed by atoms with E-state index in [-0.39, 0.29) is 0 Å². The van der Waals surface area contributed by atoms with Gasteiger partial charge in [0, 0.05) is 0 Å². The van der Waals surface area contributed by atoms with Gasteiger partial charge in [-0.15, -0.1) is 0 Å². The minimum Gasteiger partial charge on any atom is -0.383 e. The zero-order chi connectivity index (χ0) is 13.1. The monoisotopic (exact) mass is 240 g/mol. The van der Waals surface area contributed by atoms with E-state index >= 15 is 0 Å². The second-order valence-corrected chi connectivity index (χ2v) is 4.26. The molecule has 2 aromatic rings. The van der Waals surface area contributed by atoms with Crippen LogP contribution in [-0.2, 0) is 13.0 Å². The Kier molecular flexibility index (Phi) is 3.33. The Hall–Kier alpha value is -2.28. The van der Waals surface area contributed by atoms with Gasteiger partial charge < -0.3 is 5.73 Å². The number of hydrogen-bond donors (Lipinski definition) is 1. The summed E-state index contributed by atoms with van der Waals surface area (Å²) in [5.74, 6) is 0.456. The Bertz CT molecular complexity index is 605. The highest BCUT2D eigenvalue weighted by Gasteiger charge is 2.14. The van der Waals surface area contributed by atoms with Crippen LogP contribution in [0.5, 0.6) is 0 Å². The van der Waals surface area contributed by atoms with E-state index in [1.165, 1.54) is 11.1 Å². The van der Waals surface area contributed by atoms with Crippen molar-refractivity contribution < 1.29 is 0 Å². The van der Waals surface area contributed by atoms with Crippen molar-refractivity contribution in [2.45, 2.75) is 26.8 Å². The summed E-state index contributed by atoms with van der Waals surface area (Å²) in [5.41, 5.74) is 9.60. The zero-order valence-corrected chi connectivity index (χ0v) is 10.6. The fourth-order valence-electron chi connectivity index (χ4n) is 1.97. The number of nitrogen functional groups attached to an aromatic ring is 1. The Balaban J connectivity index is 2.39. The molecule has 0 saturated carbocycles. The summed E-state index contributed by atoms with van der Waals surface area (Å²) in [5, 5.41) is 13.5. The highest BCUT2D eigenvalue weighted by molar-refractivity contribution is 5.52. The van der Waals surface area contributed by atoms with Crippen LogP contribution in [0.4, 0.5) is 5.82 Å². The van der Waals surface area contributed by atoms with Crippen LogP contribution >= 0.6 is 0 Å². The minimum absolute atomic E-state index is 0.456. The molecule has 0 atom stereocenters. The number of nitriles is 1. The van der Waals surface area contributed by atoms with Gasteiger partial charge in [-0.25, -0.2) is 4.68 Å². The number of nitrogens with two attached hydrogens (primary N) is 1. The number of anilines is 1. The highest BCUT2D eigenvalue weighted by Crippen LogP contribution is 2.18. The maximum Gasteiger partial charge on any atom is 0.140 e. The van der Waals surface area contributed by atoms with Crippen molar-refractivity contribution in [1.82, 2.24) is 9.78 Å². The smallest absolute Gasteiger partial charge is 0.140 e. The summed E-state index contributed by atoms with van der Waals surface area (Å²) in [4.78, 5) is 0. The van der Waals surface area contributed by atoms with Crippen LogP contribution in [-0.4, -0.2) is 9.78 Å². The first kappa shape index (κ1) is 12.2. The number of rotatable bonds is 3. The van der Waals surface area contributed by atoms with Gasteiger partial charge in [0.15, 0.2) is 0 Å². The molecule has 0 bridgehead atoms. The number of hydrogen-bond acceptors (Lipinski definition) is 3. The van der Waals surface area contributed by atoms with Crippen LogP contribution in [0, 0.1) is 18.3 Å². The molecule has 0 spiro atoms. The third-order valence-electron chi connectivity index (χ3n) is 3.09. The molecule has 0 aliphatic heterocycles. The minimum atomic E-state index is 0.456. The molecule has 2 rings (SSSR count). The molecule has 0 aliphatic carbocycles. The molecule has 2 N–H and O–H groups in total. The van der Waals surface area contributed by atoms with Crippen LogP contribution < -0.4 is 5.73 Å². The number of nitrogens with zero attached hydrogens (tertiary/aromatic N) is 3. The molecule has 0 aliphatic rings. The van der Waals surface area contributed by atoms with Gasteiger partial charge in [0.05, 0.1) is 12.2 Å². The standard InChI is InChI=1S/C14H16N4/c1-3-13-12(8-15)14(16)18(17-13)9-11-7-5-4-6-10(11)2/h4-7H,3,9,16H2,1-2H3. The van der Waals surface area contributed by atoms with E-state index < -0.39 is 0 Å². The van der Waals surface area contributed by atoms with Crippen molar-refractivity contribution >= 4 is 5.82 Å². The van der Waals surface area contributed by atoms with Crippen molar-refractivity contribution in [1.29, 1.82) is 5.26 Å². The average molecular weight is 240 g/mol. The lowest BCUT2D eigenvalue weighted by Crippen LogP contribution is -2.07. The molecular formula is C14H16N4. The second-order valence-electron chi connectivity index (χ2n) is 4.26. The first-order valence-electron chi connectivity index (χ1n) is 5.97. The Morgan fingerprint density at radius 2 is 2.11 bits per heavy atom. The van der Waals surface area contributed by atoms with Crippen molar-refractivity contribution in [3.8, 4) is 6.07 Å². The first-order valence-corrected chi connectivity index (χ1v) is 5.97. The maximum absolute atomic E-state index is 9.08. The number of aromatic nitrogens is 2. The van der Waals surface area contributed by atoms with Gasteiger partial charge >= 0.3 is 0 Å². The summed E-state index contributed by atoms with van der Waals surface area (Å²) >= 11 is 0. The Morgan fingerprint density at radius 1 is 1.39 bits per heavy atom. The molecule has 0 radical (unpaired) electrons. The van der Waals surface area contributed by atoms with Crippen LogP contribution in [0.25, 0.3) is 0 Å². The number of benzene rings is 1. The van der Waals surface area contributed by atoms with E-state index in [1.54, 1.807) is 4.68 Å². The van der Waals surface area contributed by atoms with Crippen molar-refractivity contribution in [2.75, 3.05) is 5.73 Å². The van der Waals surface area contributed by atoms with Crippen LogP contribution in [0.3, 0.4) is 0 Å². The predicted octanol–water partition coefficient (Wildman–Crippen LogP) is 2.26. The largest absolute Gasteiger partial charge is 0.383 e. The molecule has 0 fully saturated rings. The molecular weight excluding hydrogens is 224 g/mol. The van der Waals surface area contributed by atoms with Crippen molar-refractivity contribution in [2.24, 2.45) is 0 Å². The van der Waals surface area contributed by atoms with Gasteiger partial charge in [0.2, 0.25) is 0 Å². The van der Waals surface area contributed by atoms with Crippen molar-refractivity contribution in [3.63, 3.8) is 0 Å². The molecule has 1 heterocycles. The van der Waals surface area contributed by atoms with Gasteiger partial charge in [-0.05, 0) is 24.5 Å². The summed E-state index contributed by atoms with van der Waals surface area (Å²) in [7, 11) is 0. The summed E-state index contributed by atoms with van der Waals surface area (Å²) in [6.45, 7) is 4.63.